The number of ketones is 2. The van der Waals surface area contributed by atoms with Gasteiger partial charge in [0.2, 0.25) is 23.6 Å². The maximum atomic E-state index is 14.1. The van der Waals surface area contributed by atoms with Crippen molar-refractivity contribution in [3.8, 4) is 5.75 Å². The van der Waals surface area contributed by atoms with Crippen molar-refractivity contribution < 1.29 is 91.3 Å². The van der Waals surface area contributed by atoms with Crippen LogP contribution in [0.4, 0.5) is 5.82 Å². The van der Waals surface area contributed by atoms with Crippen LogP contribution in [-0.4, -0.2) is 198 Å². The molecule has 27 heteroatoms. The highest BCUT2D eigenvalue weighted by molar-refractivity contribution is 9.10. The second-order valence-corrected chi connectivity index (χ2v) is 25.7. The molecule has 26 nitrogen and oxygen atoms in total. The number of anilines is 1. The molecule has 2 aromatic heterocycles. The fourth-order valence-corrected chi connectivity index (χ4v) is 12.4. The lowest BCUT2D eigenvalue weighted by Crippen LogP contribution is -2.47. The molecule has 7 rings (SSSR count). The minimum atomic E-state index is -1.17. The predicted octanol–water partition coefficient (Wildman–Crippen LogP) is 7.39. The van der Waals surface area contributed by atoms with Crippen LogP contribution in [0.3, 0.4) is 0 Å². The first-order valence-corrected chi connectivity index (χ1v) is 33.8. The Morgan fingerprint density at radius 2 is 1.33 bits per heavy atom. The summed E-state index contributed by atoms with van der Waals surface area (Å²) in [4.78, 5) is 119. The van der Waals surface area contributed by atoms with E-state index >= 15 is 0 Å². The molecular formula is C66H94BrN7O19. The summed E-state index contributed by atoms with van der Waals surface area (Å²) >= 11 is 3.36. The number of nitrogens with one attached hydrogen (secondary N) is 3. The summed E-state index contributed by atoms with van der Waals surface area (Å²) in [5.41, 5.74) is 1.31. The number of likely N-dealkylation sites (tertiary alicyclic amines) is 1. The number of nitrogens with zero attached hydrogens (tertiary/aromatic N) is 4. The summed E-state index contributed by atoms with van der Waals surface area (Å²) in [6, 6.07) is 6.84. The summed E-state index contributed by atoms with van der Waals surface area (Å²) in [7, 11) is 0. The van der Waals surface area contributed by atoms with E-state index in [9.17, 15) is 48.3 Å². The van der Waals surface area contributed by atoms with Gasteiger partial charge in [-0.15, -0.1) is 0 Å². The van der Waals surface area contributed by atoms with E-state index in [-0.39, 0.29) is 164 Å². The molecule has 4 fully saturated rings. The third-order valence-corrected chi connectivity index (χ3v) is 17.7. The lowest BCUT2D eigenvalue weighted by molar-refractivity contribution is -0.159. The lowest BCUT2D eigenvalue weighted by Gasteiger charge is -2.27. The molecule has 5 N–H and O–H groups in total. The molecule has 0 bridgehead atoms. The number of fused-ring (bicyclic) bond motifs is 3. The molecule has 1 saturated carbocycles. The molecule has 8 atom stereocenters. The van der Waals surface area contributed by atoms with Crippen molar-refractivity contribution in [1.82, 2.24) is 30.3 Å². The number of carbonyl (C=O) groups is 9. The standard InChI is InChI=1S/C66H94BrN7O19/c1-43-22-27-54(67)70-63(43)71-64(83)50-36-66(3)37-53(66)74(50)57(79)38-73-49-26-24-46(35-47(49)60(72-73)44(2)75)92-51-39-90-62-52(40-91-61(51)62)93-59(82)42-89-34-32-87-30-28-68-56(78)41-88-33-31-86-29-18-19-45(76)23-25-48(65(84)85)69-55(77)20-16-14-12-10-8-6-4-5-7-9-11-13-15-17-21-58(80)81/h22,24,26-27,35,48,50-53,61-62H,4-21,23,25,28-34,36-42H2,1-3H3,(H,68,78)(H,69,77)(H,80,81)(H,84,85)(H,70,71,83)/t48-,50-,51+,52+,53+,61+,62+,66-/m0/s1. The Balaban J connectivity index is 0.661. The van der Waals surface area contributed by atoms with Gasteiger partial charge in [-0.3, -0.25) is 38.2 Å². The minimum Gasteiger partial charge on any atom is -0.485 e. The van der Waals surface area contributed by atoms with Crippen LogP contribution in [0.5, 0.6) is 5.75 Å². The molecule has 5 heterocycles. The van der Waals surface area contributed by atoms with Crippen LogP contribution in [0.25, 0.3) is 10.9 Å². The Hall–Kier alpha value is -6.49. The Morgan fingerprint density at radius 1 is 0.710 bits per heavy atom. The molecule has 1 aliphatic carbocycles. The van der Waals surface area contributed by atoms with Crippen molar-refractivity contribution in [3.05, 3.63) is 46.2 Å². The van der Waals surface area contributed by atoms with Gasteiger partial charge in [0.15, 0.2) is 18.0 Å². The summed E-state index contributed by atoms with van der Waals surface area (Å²) in [5.74, 6) is -3.39. The molecule has 0 spiro atoms. The number of hydrogen-bond acceptors (Lipinski definition) is 19. The zero-order valence-corrected chi connectivity index (χ0v) is 55.6. The van der Waals surface area contributed by atoms with Crippen LogP contribution in [0, 0.1) is 12.3 Å². The van der Waals surface area contributed by atoms with Gasteiger partial charge in [0, 0.05) is 57.2 Å². The fourth-order valence-electron chi connectivity index (χ4n) is 12.1. The molecule has 514 valence electrons. The van der Waals surface area contributed by atoms with E-state index in [1.807, 2.05) is 13.0 Å². The van der Waals surface area contributed by atoms with Gasteiger partial charge in [0.25, 0.3) is 0 Å². The van der Waals surface area contributed by atoms with Crippen LogP contribution in [0.1, 0.15) is 171 Å². The number of ether oxygens (including phenoxy) is 8. The third-order valence-electron chi connectivity index (χ3n) is 17.3. The number of halogens is 1. The largest absolute Gasteiger partial charge is 0.485 e. The Bertz CT molecular complexity index is 3000. The number of carbonyl (C=O) groups excluding carboxylic acids is 7. The van der Waals surface area contributed by atoms with Gasteiger partial charge in [-0.25, -0.2) is 14.6 Å². The number of benzene rings is 1. The number of piperidine rings is 1. The monoisotopic (exact) mass is 1370 g/mol. The highest BCUT2D eigenvalue weighted by Gasteiger charge is 2.64. The second kappa shape index (κ2) is 38.2. The molecule has 3 aliphatic heterocycles. The van der Waals surface area contributed by atoms with E-state index in [1.165, 1.54) is 50.1 Å². The summed E-state index contributed by atoms with van der Waals surface area (Å²) in [5, 5.41) is 31.5. The van der Waals surface area contributed by atoms with E-state index in [1.54, 1.807) is 29.2 Å². The minimum absolute atomic E-state index is 0.0131. The normalized spacial score (nSPS) is 20.6. The molecule has 4 aliphatic rings. The number of carboxylic acid groups (broad SMARTS) is 2. The highest BCUT2D eigenvalue weighted by Crippen LogP contribution is 2.59. The van der Waals surface area contributed by atoms with Gasteiger partial charge in [0.05, 0.1) is 51.8 Å². The van der Waals surface area contributed by atoms with Gasteiger partial charge in [-0.1, -0.05) is 90.0 Å². The van der Waals surface area contributed by atoms with Crippen LogP contribution in [0.2, 0.25) is 0 Å². The molecule has 3 aromatic rings. The average molecular weight is 1370 g/mol. The number of Topliss-reactive ketones (excluding diaryl/α,β-unsaturated/α-hetero) is 2. The Kier molecular flexibility index (Phi) is 30.3. The first-order chi connectivity index (χ1) is 44.8. The topological polar surface area (TPSA) is 338 Å². The molecular weight excluding hydrogens is 1270 g/mol. The molecule has 1 aromatic carbocycles. The summed E-state index contributed by atoms with van der Waals surface area (Å²) in [6.07, 6.45) is 15.0. The van der Waals surface area contributed by atoms with E-state index in [2.05, 4.69) is 48.9 Å². The van der Waals surface area contributed by atoms with Gasteiger partial charge >= 0.3 is 17.9 Å². The van der Waals surface area contributed by atoms with Crippen molar-refractivity contribution in [2.45, 2.75) is 211 Å². The van der Waals surface area contributed by atoms with Crippen LogP contribution in [0.15, 0.2) is 34.9 Å². The van der Waals surface area contributed by atoms with Crippen molar-refractivity contribution in [1.29, 1.82) is 0 Å². The molecule has 0 radical (unpaired) electrons. The Labute approximate surface area is 551 Å². The number of hydrogen-bond donors (Lipinski definition) is 5. The molecule has 0 unspecified atom stereocenters. The van der Waals surface area contributed by atoms with Crippen molar-refractivity contribution in [3.63, 3.8) is 0 Å². The number of aromatic nitrogens is 3. The van der Waals surface area contributed by atoms with Crippen LogP contribution < -0.4 is 20.7 Å². The number of pyridine rings is 1. The van der Waals surface area contributed by atoms with E-state index in [0.29, 0.717) is 46.3 Å². The van der Waals surface area contributed by atoms with Crippen LogP contribution in [-0.2, 0) is 78.1 Å². The van der Waals surface area contributed by atoms with E-state index in [0.717, 1.165) is 56.9 Å². The number of aliphatic carboxylic acids is 2. The maximum absolute atomic E-state index is 14.1. The maximum Gasteiger partial charge on any atom is 0.332 e. The van der Waals surface area contributed by atoms with Crippen molar-refractivity contribution in [2.75, 3.05) is 77.9 Å². The van der Waals surface area contributed by atoms with Gasteiger partial charge < -0.3 is 69.0 Å². The molecule has 4 amide bonds. The summed E-state index contributed by atoms with van der Waals surface area (Å²) in [6.45, 7) is 6.10. The van der Waals surface area contributed by atoms with Crippen molar-refractivity contribution in [2.24, 2.45) is 5.41 Å². The number of rotatable bonds is 47. The second-order valence-electron chi connectivity index (χ2n) is 24.9. The zero-order valence-electron chi connectivity index (χ0n) is 54.0. The molecule has 93 heavy (non-hydrogen) atoms. The average Bonchev–Trinajstić information content (AvgIpc) is 1.55. The van der Waals surface area contributed by atoms with Gasteiger partial charge in [0.1, 0.15) is 71.7 Å². The zero-order chi connectivity index (χ0) is 66.7. The number of esters is 1. The number of unbranched alkanes of at least 4 members (excludes halogenated alkanes) is 13. The third kappa shape index (κ3) is 24.0. The van der Waals surface area contributed by atoms with Crippen LogP contribution >= 0.6 is 15.9 Å². The van der Waals surface area contributed by atoms with E-state index in [4.69, 9.17) is 43.0 Å². The first kappa shape index (κ1) is 73.9. The van der Waals surface area contributed by atoms with Gasteiger partial charge in [-0.2, -0.15) is 5.10 Å². The number of aryl methyl sites for hydroxylation is 1. The highest BCUT2D eigenvalue weighted by atomic mass is 79.9. The van der Waals surface area contributed by atoms with E-state index < -0.39 is 54.4 Å². The lowest BCUT2D eigenvalue weighted by atomic mass is 10.0. The summed E-state index contributed by atoms with van der Waals surface area (Å²) < 4.78 is 47.9. The van der Waals surface area contributed by atoms with Gasteiger partial charge in [-0.05, 0) is 96.6 Å². The SMILES string of the molecule is CC(=O)c1nn(CC(=O)N2[C@H](C(=O)Nc3nc(Br)ccc3C)C[C@@]3(C)C[C@@H]23)c2ccc(O[C@@H]3CO[C@H]4[C@@H]3OC[C@H]4OC(=O)COCCOCCNC(=O)COCCOCCCC(=O)CC[C@H](NC(=O)CCCCCCCCCCCCCCCCC(=O)O)C(=O)O)cc12. The van der Waals surface area contributed by atoms with Crippen molar-refractivity contribution >= 4 is 85.8 Å². The predicted molar refractivity (Wildman–Crippen MR) is 341 cm³/mol. The quantitative estimate of drug-likeness (QED) is 0.0159. The molecule has 3 saturated heterocycles. The number of carboxylic acids is 2. The first-order valence-electron chi connectivity index (χ1n) is 33.0. The fraction of sp³-hybridized carbons (Fsp3) is 0.682. The number of amides is 4. The Morgan fingerprint density at radius 3 is 2.00 bits per heavy atom. The smallest absolute Gasteiger partial charge is 0.332 e.